The second kappa shape index (κ2) is 6.74. The van der Waals surface area contributed by atoms with Gasteiger partial charge in [-0.1, -0.05) is 36.2 Å². The monoisotopic (exact) mass is 372 g/mol. The Hall–Kier alpha value is -1.83. The molecular formula is C14H14Cl2N4O2S. The molecule has 0 aliphatic carbocycles. The lowest BCUT2D eigenvalue weighted by atomic mass is 10.0. The predicted octanol–water partition coefficient (Wildman–Crippen LogP) is 3.05. The Balaban J connectivity index is 2.71. The highest BCUT2D eigenvalue weighted by molar-refractivity contribution is 7.71. The van der Waals surface area contributed by atoms with E-state index in [1.807, 2.05) is 6.92 Å². The van der Waals surface area contributed by atoms with E-state index < -0.39 is 11.8 Å². The maximum Gasteiger partial charge on any atom is 0.267 e. The molecule has 9 heteroatoms. The van der Waals surface area contributed by atoms with E-state index in [0.717, 1.165) is 5.56 Å². The summed E-state index contributed by atoms with van der Waals surface area (Å²) in [6.45, 7) is 1.90. The highest BCUT2D eigenvalue weighted by Crippen LogP contribution is 2.30. The second-order valence-electron chi connectivity index (χ2n) is 4.85. The summed E-state index contributed by atoms with van der Waals surface area (Å²) in [5.74, 6) is -1.61. The molecule has 2 rings (SSSR count). The molecular weight excluding hydrogens is 359 g/mol. The number of nitrogens with zero attached hydrogens (tertiary/aromatic N) is 1. The number of hydrogen-bond donors (Lipinski definition) is 3. The minimum absolute atomic E-state index is 0.0552. The van der Waals surface area contributed by atoms with E-state index in [1.54, 1.807) is 18.2 Å². The van der Waals surface area contributed by atoms with E-state index in [9.17, 15) is 9.59 Å². The average Bonchev–Trinajstić information content (AvgIpc) is 2.82. The standard InChI is InChI=1S/C14H14Cl2N4O2S/c1-2-9(6-3-4-7(15)8(16)5-6)20-11(13(18)22)10(12(17)21)19-14(20)23/h3-5,9H,2H2,1H3,(H2,17,21)(H2,18,22)(H,19,23). The van der Waals surface area contributed by atoms with Crippen molar-refractivity contribution in [3.05, 3.63) is 50.0 Å². The van der Waals surface area contributed by atoms with Crippen molar-refractivity contribution in [2.75, 3.05) is 0 Å². The van der Waals surface area contributed by atoms with Gasteiger partial charge in [0.05, 0.1) is 16.1 Å². The molecule has 0 saturated carbocycles. The quantitative estimate of drug-likeness (QED) is 0.701. The van der Waals surface area contributed by atoms with Gasteiger partial charge in [0.15, 0.2) is 4.77 Å². The van der Waals surface area contributed by atoms with Crippen LogP contribution in [-0.4, -0.2) is 21.4 Å². The third kappa shape index (κ3) is 3.26. The molecule has 1 aromatic heterocycles. The van der Waals surface area contributed by atoms with Crippen molar-refractivity contribution < 1.29 is 9.59 Å². The van der Waals surface area contributed by atoms with Gasteiger partial charge in [-0.3, -0.25) is 9.59 Å². The van der Waals surface area contributed by atoms with Crippen LogP contribution in [0, 0.1) is 4.77 Å². The van der Waals surface area contributed by atoms with Crippen molar-refractivity contribution in [1.82, 2.24) is 9.55 Å². The van der Waals surface area contributed by atoms with Crippen LogP contribution in [-0.2, 0) is 0 Å². The number of amides is 2. The van der Waals surface area contributed by atoms with Gasteiger partial charge in [-0.15, -0.1) is 0 Å². The smallest absolute Gasteiger partial charge is 0.267 e. The molecule has 6 nitrogen and oxygen atoms in total. The molecule has 2 aromatic rings. The first-order valence-electron chi connectivity index (χ1n) is 6.67. The number of halogens is 2. The highest BCUT2D eigenvalue weighted by atomic mass is 35.5. The SMILES string of the molecule is CCC(c1ccc(Cl)c(Cl)c1)n1c(C(N)=O)c(C(N)=O)[nH]c1=S. The molecule has 1 aromatic carbocycles. The molecule has 0 spiro atoms. The fourth-order valence-corrected chi connectivity index (χ4v) is 3.08. The molecule has 1 heterocycles. The van der Waals surface area contributed by atoms with Gasteiger partial charge in [-0.25, -0.2) is 0 Å². The van der Waals surface area contributed by atoms with Gasteiger partial charge in [0.1, 0.15) is 11.4 Å². The van der Waals surface area contributed by atoms with Crippen molar-refractivity contribution in [2.24, 2.45) is 11.5 Å². The number of hydrogen-bond acceptors (Lipinski definition) is 3. The van der Waals surface area contributed by atoms with Crippen LogP contribution in [0.3, 0.4) is 0 Å². The zero-order valence-electron chi connectivity index (χ0n) is 12.1. The Kier molecular flexibility index (Phi) is 5.13. The van der Waals surface area contributed by atoms with E-state index >= 15 is 0 Å². The summed E-state index contributed by atoms with van der Waals surface area (Å²) in [6.07, 6.45) is 0.572. The minimum Gasteiger partial charge on any atom is -0.364 e. The lowest BCUT2D eigenvalue weighted by molar-refractivity contribution is 0.0958. The van der Waals surface area contributed by atoms with Crippen LogP contribution in [0.15, 0.2) is 18.2 Å². The minimum atomic E-state index is -0.812. The molecule has 2 amide bonds. The summed E-state index contributed by atoms with van der Waals surface area (Å²) < 4.78 is 1.66. The number of rotatable bonds is 5. The van der Waals surface area contributed by atoms with Crippen LogP contribution < -0.4 is 11.5 Å². The van der Waals surface area contributed by atoms with Crippen LogP contribution >= 0.6 is 35.4 Å². The number of nitrogens with two attached hydrogens (primary N) is 2. The molecule has 0 saturated heterocycles. The lowest BCUT2D eigenvalue weighted by Crippen LogP contribution is -2.25. The van der Waals surface area contributed by atoms with Crippen LogP contribution in [0.25, 0.3) is 0 Å². The maximum absolute atomic E-state index is 11.8. The summed E-state index contributed by atoms with van der Waals surface area (Å²) in [4.78, 5) is 26.0. The summed E-state index contributed by atoms with van der Waals surface area (Å²) in [6, 6.07) is 4.74. The number of aromatic amines is 1. The van der Waals surface area contributed by atoms with Crippen molar-refractivity contribution in [3.63, 3.8) is 0 Å². The summed E-state index contributed by atoms with van der Waals surface area (Å²) >= 11 is 17.2. The predicted molar refractivity (Wildman–Crippen MR) is 91.5 cm³/mol. The number of primary amides is 2. The van der Waals surface area contributed by atoms with E-state index in [4.69, 9.17) is 46.9 Å². The molecule has 1 atom stereocenters. The Bertz CT molecular complexity index is 844. The fraction of sp³-hybridized carbons (Fsp3) is 0.214. The average molecular weight is 373 g/mol. The number of imidazole rings is 1. The van der Waals surface area contributed by atoms with E-state index in [2.05, 4.69) is 4.98 Å². The van der Waals surface area contributed by atoms with Crippen molar-refractivity contribution in [2.45, 2.75) is 19.4 Å². The Morgan fingerprint density at radius 2 is 1.91 bits per heavy atom. The van der Waals surface area contributed by atoms with Gasteiger partial charge < -0.3 is 21.0 Å². The normalized spacial score (nSPS) is 12.1. The number of carbonyl (C=O) groups is 2. The summed E-state index contributed by atoms with van der Waals surface area (Å²) in [7, 11) is 0. The first-order chi connectivity index (χ1) is 10.8. The van der Waals surface area contributed by atoms with Gasteiger partial charge in [0.25, 0.3) is 11.8 Å². The number of benzene rings is 1. The molecule has 122 valence electrons. The molecule has 0 aliphatic heterocycles. The van der Waals surface area contributed by atoms with E-state index in [1.165, 1.54) is 4.57 Å². The van der Waals surface area contributed by atoms with Gasteiger partial charge in [-0.2, -0.15) is 0 Å². The lowest BCUT2D eigenvalue weighted by Gasteiger charge is -2.20. The highest BCUT2D eigenvalue weighted by Gasteiger charge is 2.26. The van der Waals surface area contributed by atoms with E-state index in [-0.39, 0.29) is 22.2 Å². The van der Waals surface area contributed by atoms with Crippen LogP contribution in [0.1, 0.15) is 45.9 Å². The summed E-state index contributed by atoms with van der Waals surface area (Å²) in [5.41, 5.74) is 11.3. The topological polar surface area (TPSA) is 107 Å². The van der Waals surface area contributed by atoms with Crippen LogP contribution in [0.4, 0.5) is 0 Å². The Morgan fingerprint density at radius 3 is 2.39 bits per heavy atom. The Morgan fingerprint density at radius 1 is 1.26 bits per heavy atom. The molecule has 5 N–H and O–H groups in total. The van der Waals surface area contributed by atoms with Gasteiger partial charge in [0.2, 0.25) is 0 Å². The number of H-pyrrole nitrogens is 1. The molecule has 0 radical (unpaired) electrons. The number of nitrogens with one attached hydrogen (secondary N) is 1. The van der Waals surface area contributed by atoms with Crippen molar-refractivity contribution >= 4 is 47.2 Å². The van der Waals surface area contributed by atoms with Crippen molar-refractivity contribution in [1.29, 1.82) is 0 Å². The molecule has 23 heavy (non-hydrogen) atoms. The fourth-order valence-electron chi connectivity index (χ4n) is 2.45. The van der Waals surface area contributed by atoms with Gasteiger partial charge >= 0.3 is 0 Å². The maximum atomic E-state index is 11.8. The number of aromatic nitrogens is 2. The van der Waals surface area contributed by atoms with Crippen LogP contribution in [0.5, 0.6) is 0 Å². The number of carbonyl (C=O) groups excluding carboxylic acids is 2. The largest absolute Gasteiger partial charge is 0.364 e. The molecule has 0 fully saturated rings. The van der Waals surface area contributed by atoms with Gasteiger partial charge in [0, 0.05) is 0 Å². The zero-order valence-corrected chi connectivity index (χ0v) is 14.4. The molecule has 0 bridgehead atoms. The van der Waals surface area contributed by atoms with E-state index in [0.29, 0.717) is 16.5 Å². The van der Waals surface area contributed by atoms with Crippen molar-refractivity contribution in [3.8, 4) is 0 Å². The third-order valence-electron chi connectivity index (χ3n) is 3.44. The first kappa shape index (κ1) is 17.5. The second-order valence-corrected chi connectivity index (χ2v) is 6.05. The Labute approximate surface area is 147 Å². The molecule has 0 aliphatic rings. The molecule has 1 unspecified atom stereocenters. The van der Waals surface area contributed by atoms with Crippen LogP contribution in [0.2, 0.25) is 10.0 Å². The first-order valence-corrected chi connectivity index (χ1v) is 7.83. The third-order valence-corrected chi connectivity index (χ3v) is 4.47. The summed E-state index contributed by atoms with van der Waals surface area (Å²) in [5, 5.41) is 0.788. The zero-order chi connectivity index (χ0) is 17.3. The van der Waals surface area contributed by atoms with Gasteiger partial charge in [-0.05, 0) is 36.3 Å².